The molecule has 2 aliphatic rings. The van der Waals surface area contributed by atoms with Crippen molar-refractivity contribution < 1.29 is 13.2 Å². The molecule has 21 heavy (non-hydrogen) atoms. The number of hydrogen-bond donors (Lipinski definition) is 1. The molecule has 1 nitrogen and oxygen atoms in total. The molecule has 1 aromatic carbocycles. The second-order valence-corrected chi connectivity index (χ2v) is 6.96. The van der Waals surface area contributed by atoms with Gasteiger partial charge in [-0.2, -0.15) is 13.2 Å². The largest absolute Gasteiger partial charge is 0.416 e. The third kappa shape index (κ3) is 3.79. The summed E-state index contributed by atoms with van der Waals surface area (Å²) in [7, 11) is 0. The van der Waals surface area contributed by atoms with Gasteiger partial charge < -0.3 is 5.32 Å². The third-order valence-electron chi connectivity index (χ3n) is 4.80. The van der Waals surface area contributed by atoms with E-state index in [1.165, 1.54) is 37.8 Å². The van der Waals surface area contributed by atoms with Gasteiger partial charge in [0.05, 0.1) is 5.56 Å². The van der Waals surface area contributed by atoms with Crippen molar-refractivity contribution in [1.29, 1.82) is 0 Å². The number of hydrogen-bond acceptors (Lipinski definition) is 1. The smallest absolute Gasteiger partial charge is 0.313 e. The van der Waals surface area contributed by atoms with Crippen LogP contribution in [0.15, 0.2) is 24.3 Å². The lowest BCUT2D eigenvalue weighted by molar-refractivity contribution is -0.137. The molecule has 0 spiro atoms. The molecule has 0 radical (unpaired) electrons. The first-order valence-corrected chi connectivity index (χ1v) is 7.76. The first-order chi connectivity index (χ1) is 9.87. The highest BCUT2D eigenvalue weighted by molar-refractivity contribution is 5.27. The number of rotatable bonds is 6. The summed E-state index contributed by atoms with van der Waals surface area (Å²) < 4.78 is 38.5. The van der Waals surface area contributed by atoms with E-state index in [0.29, 0.717) is 12.0 Å². The summed E-state index contributed by atoms with van der Waals surface area (Å²) >= 11 is 0. The van der Waals surface area contributed by atoms with Crippen molar-refractivity contribution >= 4 is 0 Å². The first-order valence-electron chi connectivity index (χ1n) is 7.76. The van der Waals surface area contributed by atoms with E-state index in [1.807, 2.05) is 6.07 Å². The predicted octanol–water partition coefficient (Wildman–Crippen LogP) is 4.42. The van der Waals surface area contributed by atoms with Crippen LogP contribution in [0.5, 0.6) is 0 Å². The molecule has 0 heterocycles. The Morgan fingerprint density at radius 2 is 1.86 bits per heavy atom. The Kier molecular flexibility index (Phi) is 3.76. The molecule has 0 bridgehead atoms. The monoisotopic (exact) mass is 297 g/mol. The molecule has 3 rings (SSSR count). The van der Waals surface area contributed by atoms with Gasteiger partial charge in [0.25, 0.3) is 0 Å². The van der Waals surface area contributed by atoms with Crippen molar-refractivity contribution in [3.63, 3.8) is 0 Å². The molecule has 0 amide bonds. The molecule has 2 fully saturated rings. The first kappa shape index (κ1) is 14.9. The Morgan fingerprint density at radius 1 is 1.14 bits per heavy atom. The summed E-state index contributed by atoms with van der Waals surface area (Å²) in [6.45, 7) is 3.14. The molecule has 1 aromatic rings. The van der Waals surface area contributed by atoms with Gasteiger partial charge in [0, 0.05) is 12.6 Å². The summed E-state index contributed by atoms with van der Waals surface area (Å²) in [5.74, 6) is 0.651. The van der Waals surface area contributed by atoms with Crippen LogP contribution in [-0.2, 0) is 12.6 Å². The number of benzene rings is 1. The van der Waals surface area contributed by atoms with Crippen molar-refractivity contribution in [2.45, 2.75) is 51.2 Å². The van der Waals surface area contributed by atoms with Crippen LogP contribution in [-0.4, -0.2) is 12.6 Å². The lowest BCUT2D eigenvalue weighted by atomic mass is 9.78. The maximum absolute atomic E-state index is 12.8. The van der Waals surface area contributed by atoms with E-state index in [9.17, 15) is 13.2 Å². The summed E-state index contributed by atoms with van der Waals surface area (Å²) in [6, 6.07) is 6.47. The zero-order valence-electron chi connectivity index (χ0n) is 12.3. The van der Waals surface area contributed by atoms with Crippen molar-refractivity contribution in [3.8, 4) is 0 Å². The molecule has 0 aliphatic heterocycles. The van der Waals surface area contributed by atoms with Gasteiger partial charge in [-0.3, -0.25) is 0 Å². The Hall–Kier alpha value is -1.03. The van der Waals surface area contributed by atoms with Gasteiger partial charge in [0.2, 0.25) is 0 Å². The molecule has 1 N–H and O–H groups in total. The van der Waals surface area contributed by atoms with Crippen LogP contribution in [0.3, 0.4) is 0 Å². The van der Waals surface area contributed by atoms with Crippen LogP contribution in [0.25, 0.3) is 0 Å². The van der Waals surface area contributed by atoms with E-state index in [2.05, 4.69) is 12.2 Å². The Balaban J connectivity index is 1.72. The highest BCUT2D eigenvalue weighted by Crippen LogP contribution is 2.47. The van der Waals surface area contributed by atoms with Gasteiger partial charge in [0.15, 0.2) is 0 Å². The fraction of sp³-hybridized carbons (Fsp3) is 0.647. The predicted molar refractivity (Wildman–Crippen MR) is 77.0 cm³/mol. The van der Waals surface area contributed by atoms with Crippen LogP contribution in [0.2, 0.25) is 0 Å². The molecule has 4 heteroatoms. The second-order valence-electron chi connectivity index (χ2n) is 6.96. The fourth-order valence-corrected chi connectivity index (χ4v) is 3.12. The second kappa shape index (κ2) is 5.31. The van der Waals surface area contributed by atoms with Crippen LogP contribution in [0.1, 0.15) is 43.7 Å². The van der Waals surface area contributed by atoms with E-state index in [-0.39, 0.29) is 5.41 Å². The van der Waals surface area contributed by atoms with E-state index >= 15 is 0 Å². The third-order valence-corrected chi connectivity index (χ3v) is 4.80. The van der Waals surface area contributed by atoms with Crippen LogP contribution >= 0.6 is 0 Å². The number of alkyl halides is 3. The van der Waals surface area contributed by atoms with E-state index in [0.717, 1.165) is 24.6 Å². The number of halogens is 3. The summed E-state index contributed by atoms with van der Waals surface area (Å²) in [6.07, 6.45) is 1.37. The van der Waals surface area contributed by atoms with Crippen molar-refractivity contribution in [2.75, 3.05) is 6.54 Å². The lowest BCUT2D eigenvalue weighted by Gasteiger charge is -2.31. The standard InChI is InChI=1S/C17H22F3N/c1-16(13-5-6-13,11-21-15-7-8-15)10-12-3-2-4-14(9-12)17(18,19)20/h2-4,9,13,15,21H,5-8,10-11H2,1H3. The highest BCUT2D eigenvalue weighted by Gasteiger charge is 2.42. The highest BCUT2D eigenvalue weighted by atomic mass is 19.4. The average Bonchev–Trinajstić information content (AvgIpc) is 3.28. The van der Waals surface area contributed by atoms with Gasteiger partial charge in [-0.05, 0) is 55.1 Å². The molecule has 0 aromatic heterocycles. The molecule has 1 atom stereocenters. The average molecular weight is 297 g/mol. The summed E-state index contributed by atoms with van der Waals surface area (Å²) in [5, 5.41) is 3.56. The summed E-state index contributed by atoms with van der Waals surface area (Å²) in [5.41, 5.74) is 0.345. The molecular weight excluding hydrogens is 275 g/mol. The number of nitrogens with one attached hydrogen (secondary N) is 1. The van der Waals surface area contributed by atoms with Gasteiger partial charge >= 0.3 is 6.18 Å². The normalized spacial score (nSPS) is 22.1. The molecule has 116 valence electrons. The minimum Gasteiger partial charge on any atom is -0.313 e. The van der Waals surface area contributed by atoms with Crippen molar-refractivity contribution in [3.05, 3.63) is 35.4 Å². The van der Waals surface area contributed by atoms with Crippen LogP contribution in [0, 0.1) is 11.3 Å². The lowest BCUT2D eigenvalue weighted by Crippen LogP contribution is -2.36. The van der Waals surface area contributed by atoms with Gasteiger partial charge in [-0.1, -0.05) is 25.1 Å². The topological polar surface area (TPSA) is 12.0 Å². The van der Waals surface area contributed by atoms with Crippen LogP contribution in [0.4, 0.5) is 13.2 Å². The molecule has 2 saturated carbocycles. The van der Waals surface area contributed by atoms with Gasteiger partial charge in [-0.15, -0.1) is 0 Å². The molecule has 2 aliphatic carbocycles. The quantitative estimate of drug-likeness (QED) is 0.820. The Morgan fingerprint density at radius 3 is 2.43 bits per heavy atom. The molecular formula is C17H22F3N. The van der Waals surface area contributed by atoms with Gasteiger partial charge in [-0.25, -0.2) is 0 Å². The minimum atomic E-state index is -4.25. The van der Waals surface area contributed by atoms with E-state index < -0.39 is 11.7 Å². The van der Waals surface area contributed by atoms with E-state index in [4.69, 9.17) is 0 Å². The Labute approximate surface area is 123 Å². The SMILES string of the molecule is CC(CNC1CC1)(Cc1cccc(C(F)(F)F)c1)C1CC1. The van der Waals surface area contributed by atoms with Crippen molar-refractivity contribution in [1.82, 2.24) is 5.32 Å². The van der Waals surface area contributed by atoms with Crippen molar-refractivity contribution in [2.24, 2.45) is 11.3 Å². The Bertz CT molecular complexity index is 503. The zero-order valence-corrected chi connectivity index (χ0v) is 12.3. The summed E-state index contributed by atoms with van der Waals surface area (Å²) in [4.78, 5) is 0. The fourth-order valence-electron chi connectivity index (χ4n) is 3.12. The van der Waals surface area contributed by atoms with E-state index in [1.54, 1.807) is 0 Å². The minimum absolute atomic E-state index is 0.0762. The molecule has 1 unspecified atom stereocenters. The van der Waals surface area contributed by atoms with Gasteiger partial charge in [0.1, 0.15) is 0 Å². The maximum Gasteiger partial charge on any atom is 0.416 e. The maximum atomic E-state index is 12.8. The molecule has 0 saturated heterocycles. The van der Waals surface area contributed by atoms with Crippen LogP contribution < -0.4 is 5.32 Å². The zero-order chi connectivity index (χ0) is 15.1.